The molecule has 1 heterocycles. The minimum atomic E-state index is -0.602. The molecule has 14 heavy (non-hydrogen) atoms. The second kappa shape index (κ2) is 3.99. The Balaban J connectivity index is 3.12. The van der Waals surface area contributed by atoms with Crippen molar-refractivity contribution in [3.05, 3.63) is 27.9 Å². The number of nitrogen functional groups attached to an aromatic ring is 1. The SMILES string of the molecule is NC[C@@H](N)c1cnc(N)c([N+](=O)[O-])c1. The van der Waals surface area contributed by atoms with Gasteiger partial charge in [-0.2, -0.15) is 0 Å². The summed E-state index contributed by atoms with van der Waals surface area (Å²) in [6.45, 7) is 0.197. The quantitative estimate of drug-likeness (QED) is 0.443. The van der Waals surface area contributed by atoms with Crippen molar-refractivity contribution in [1.82, 2.24) is 4.98 Å². The number of nitrogens with zero attached hydrogens (tertiary/aromatic N) is 2. The van der Waals surface area contributed by atoms with Crippen molar-refractivity contribution < 1.29 is 4.92 Å². The van der Waals surface area contributed by atoms with Crippen LogP contribution in [-0.4, -0.2) is 16.5 Å². The molecule has 1 rings (SSSR count). The molecule has 0 amide bonds. The van der Waals surface area contributed by atoms with Crippen LogP contribution in [0, 0.1) is 10.1 Å². The van der Waals surface area contributed by atoms with E-state index < -0.39 is 11.0 Å². The third kappa shape index (κ3) is 1.95. The van der Waals surface area contributed by atoms with Gasteiger partial charge in [-0.05, 0) is 5.56 Å². The number of nitrogens with two attached hydrogens (primary N) is 3. The van der Waals surface area contributed by atoms with Crippen molar-refractivity contribution in [2.24, 2.45) is 11.5 Å². The smallest absolute Gasteiger partial charge is 0.311 e. The van der Waals surface area contributed by atoms with Crippen molar-refractivity contribution >= 4 is 11.5 Å². The van der Waals surface area contributed by atoms with E-state index in [1.165, 1.54) is 12.3 Å². The predicted octanol–water partition coefficient (Wildman–Crippen LogP) is -0.469. The van der Waals surface area contributed by atoms with E-state index >= 15 is 0 Å². The number of hydrogen-bond acceptors (Lipinski definition) is 6. The molecule has 76 valence electrons. The van der Waals surface area contributed by atoms with Crippen LogP contribution >= 0.6 is 0 Å². The lowest BCUT2D eigenvalue weighted by Crippen LogP contribution is -2.21. The summed E-state index contributed by atoms with van der Waals surface area (Å²) in [6.07, 6.45) is 1.39. The van der Waals surface area contributed by atoms with Gasteiger partial charge in [-0.15, -0.1) is 0 Å². The highest BCUT2D eigenvalue weighted by Crippen LogP contribution is 2.21. The van der Waals surface area contributed by atoms with Gasteiger partial charge < -0.3 is 17.2 Å². The lowest BCUT2D eigenvalue weighted by atomic mass is 10.1. The Morgan fingerprint density at radius 3 is 2.79 bits per heavy atom. The third-order valence-corrected chi connectivity index (χ3v) is 1.80. The molecule has 0 fully saturated rings. The minimum absolute atomic E-state index is 0.122. The van der Waals surface area contributed by atoms with Gasteiger partial charge in [-0.3, -0.25) is 10.1 Å². The van der Waals surface area contributed by atoms with Crippen LogP contribution in [0.15, 0.2) is 12.3 Å². The Kier molecular flexibility index (Phi) is 2.95. The largest absolute Gasteiger partial charge is 0.378 e. The van der Waals surface area contributed by atoms with Crippen molar-refractivity contribution in [1.29, 1.82) is 0 Å². The van der Waals surface area contributed by atoms with Gasteiger partial charge >= 0.3 is 5.69 Å². The van der Waals surface area contributed by atoms with Crippen molar-refractivity contribution in [2.75, 3.05) is 12.3 Å². The Morgan fingerprint density at radius 2 is 2.29 bits per heavy atom. The molecule has 0 aliphatic rings. The Labute approximate surface area is 80.1 Å². The molecular weight excluding hydrogens is 186 g/mol. The fraction of sp³-hybridized carbons (Fsp3) is 0.286. The highest BCUT2D eigenvalue weighted by Gasteiger charge is 2.15. The molecular formula is C7H11N5O2. The Hall–Kier alpha value is -1.73. The molecule has 0 bridgehead atoms. The number of rotatable bonds is 3. The average Bonchev–Trinajstić information content (AvgIpc) is 2.17. The minimum Gasteiger partial charge on any atom is -0.378 e. The lowest BCUT2D eigenvalue weighted by Gasteiger charge is -2.08. The van der Waals surface area contributed by atoms with Gasteiger partial charge in [0.1, 0.15) is 0 Å². The number of pyridine rings is 1. The highest BCUT2D eigenvalue weighted by atomic mass is 16.6. The predicted molar refractivity (Wildman–Crippen MR) is 51.3 cm³/mol. The molecule has 1 atom stereocenters. The molecule has 0 spiro atoms. The summed E-state index contributed by atoms with van der Waals surface area (Å²) in [7, 11) is 0. The molecule has 0 aliphatic carbocycles. The molecule has 0 saturated heterocycles. The third-order valence-electron chi connectivity index (χ3n) is 1.80. The van der Waals surface area contributed by atoms with Gasteiger partial charge in [-0.25, -0.2) is 4.98 Å². The highest BCUT2D eigenvalue weighted by molar-refractivity contribution is 5.53. The van der Waals surface area contributed by atoms with Crippen molar-refractivity contribution in [3.63, 3.8) is 0 Å². The zero-order chi connectivity index (χ0) is 10.7. The average molecular weight is 197 g/mol. The first kappa shape index (κ1) is 10.4. The Bertz CT molecular complexity index is 354. The van der Waals surface area contributed by atoms with Crippen LogP contribution in [-0.2, 0) is 0 Å². The van der Waals surface area contributed by atoms with E-state index in [4.69, 9.17) is 17.2 Å². The summed E-state index contributed by atoms with van der Waals surface area (Å²) >= 11 is 0. The van der Waals surface area contributed by atoms with Gasteiger partial charge in [0, 0.05) is 24.8 Å². The lowest BCUT2D eigenvalue weighted by molar-refractivity contribution is -0.384. The zero-order valence-electron chi connectivity index (χ0n) is 7.38. The van der Waals surface area contributed by atoms with Crippen LogP contribution in [0.4, 0.5) is 11.5 Å². The molecule has 7 nitrogen and oxygen atoms in total. The molecule has 1 aromatic heterocycles. The summed E-state index contributed by atoms with van der Waals surface area (Å²) in [5.74, 6) is -0.122. The summed E-state index contributed by atoms with van der Waals surface area (Å²) in [6, 6.07) is 0.835. The van der Waals surface area contributed by atoms with Gasteiger partial charge in [-0.1, -0.05) is 0 Å². The first-order valence-electron chi connectivity index (χ1n) is 3.91. The van der Waals surface area contributed by atoms with Gasteiger partial charge in [0.2, 0.25) is 5.82 Å². The van der Waals surface area contributed by atoms with Crippen LogP contribution in [0.25, 0.3) is 0 Å². The molecule has 0 unspecified atom stereocenters. The summed E-state index contributed by atoms with van der Waals surface area (Å²) in [5.41, 5.74) is 16.5. The van der Waals surface area contributed by atoms with E-state index in [0.717, 1.165) is 0 Å². The van der Waals surface area contributed by atoms with Crippen LogP contribution in [0.1, 0.15) is 11.6 Å². The van der Waals surface area contributed by atoms with Crippen LogP contribution in [0.5, 0.6) is 0 Å². The van der Waals surface area contributed by atoms with E-state index in [9.17, 15) is 10.1 Å². The van der Waals surface area contributed by atoms with E-state index in [1.807, 2.05) is 0 Å². The maximum Gasteiger partial charge on any atom is 0.311 e. The second-order valence-electron chi connectivity index (χ2n) is 2.77. The normalized spacial score (nSPS) is 12.4. The number of anilines is 1. The van der Waals surface area contributed by atoms with Crippen LogP contribution < -0.4 is 17.2 Å². The van der Waals surface area contributed by atoms with Crippen LogP contribution in [0.3, 0.4) is 0 Å². The molecule has 1 aromatic rings. The first-order chi connectivity index (χ1) is 6.56. The monoisotopic (exact) mass is 197 g/mol. The van der Waals surface area contributed by atoms with Crippen molar-refractivity contribution in [2.45, 2.75) is 6.04 Å². The summed E-state index contributed by atoms with van der Waals surface area (Å²) in [4.78, 5) is 13.6. The maximum absolute atomic E-state index is 10.5. The van der Waals surface area contributed by atoms with Crippen LogP contribution in [0.2, 0.25) is 0 Å². The second-order valence-corrected chi connectivity index (χ2v) is 2.77. The van der Waals surface area contributed by atoms with Gasteiger partial charge in [0.15, 0.2) is 0 Å². The Morgan fingerprint density at radius 1 is 1.64 bits per heavy atom. The fourth-order valence-electron chi connectivity index (χ4n) is 0.964. The number of hydrogen-bond donors (Lipinski definition) is 3. The van der Waals surface area contributed by atoms with E-state index in [1.54, 1.807) is 0 Å². The van der Waals surface area contributed by atoms with E-state index in [-0.39, 0.29) is 18.1 Å². The summed E-state index contributed by atoms with van der Waals surface area (Å²) in [5, 5.41) is 10.5. The molecule has 0 saturated carbocycles. The number of nitro groups is 1. The molecule has 0 radical (unpaired) electrons. The fourth-order valence-corrected chi connectivity index (χ4v) is 0.964. The summed E-state index contributed by atoms with van der Waals surface area (Å²) < 4.78 is 0. The van der Waals surface area contributed by atoms with Gasteiger partial charge in [0.05, 0.1) is 4.92 Å². The maximum atomic E-state index is 10.5. The van der Waals surface area contributed by atoms with E-state index in [2.05, 4.69) is 4.98 Å². The van der Waals surface area contributed by atoms with Gasteiger partial charge in [0.25, 0.3) is 0 Å². The topological polar surface area (TPSA) is 134 Å². The standard InChI is InChI=1S/C7H11N5O2/c8-2-5(9)4-1-6(12(13)14)7(10)11-3-4/h1,3,5H,2,8-9H2,(H2,10,11)/t5-/m1/s1. The number of aromatic nitrogens is 1. The first-order valence-corrected chi connectivity index (χ1v) is 3.91. The molecule has 0 aliphatic heterocycles. The zero-order valence-corrected chi connectivity index (χ0v) is 7.38. The molecule has 0 aromatic carbocycles. The molecule has 6 N–H and O–H groups in total. The van der Waals surface area contributed by atoms with Crippen molar-refractivity contribution in [3.8, 4) is 0 Å². The van der Waals surface area contributed by atoms with E-state index in [0.29, 0.717) is 5.56 Å². The molecule has 7 heteroatoms.